The fourth-order valence-corrected chi connectivity index (χ4v) is 3.58. The van der Waals surface area contributed by atoms with E-state index in [-0.39, 0.29) is 0 Å². The van der Waals surface area contributed by atoms with Crippen molar-refractivity contribution in [3.05, 3.63) is 36.0 Å². The van der Waals surface area contributed by atoms with Gasteiger partial charge in [-0.25, -0.2) is 4.98 Å². The van der Waals surface area contributed by atoms with Crippen molar-refractivity contribution >= 4 is 17.0 Å². The largest absolute Gasteiger partial charge is 0.408 e. The quantitative estimate of drug-likeness (QED) is 0.736. The van der Waals surface area contributed by atoms with Crippen molar-refractivity contribution in [3.63, 3.8) is 0 Å². The number of aryl methyl sites for hydroxylation is 2. The molecule has 1 atom stereocenters. The molecule has 126 valence electrons. The Morgan fingerprint density at radius 2 is 2.12 bits per heavy atom. The van der Waals surface area contributed by atoms with Gasteiger partial charge in [-0.15, -0.1) is 5.10 Å². The summed E-state index contributed by atoms with van der Waals surface area (Å²) in [5, 5.41) is 8.39. The molecule has 24 heavy (non-hydrogen) atoms. The van der Waals surface area contributed by atoms with Gasteiger partial charge in [-0.1, -0.05) is 24.2 Å². The van der Waals surface area contributed by atoms with Gasteiger partial charge in [-0.2, -0.15) is 0 Å². The lowest BCUT2D eigenvalue weighted by molar-refractivity contribution is 0.429. The van der Waals surface area contributed by atoms with Gasteiger partial charge in [0.2, 0.25) is 5.89 Å². The maximum absolute atomic E-state index is 5.81. The van der Waals surface area contributed by atoms with E-state index in [1.807, 2.05) is 6.07 Å². The van der Waals surface area contributed by atoms with Gasteiger partial charge in [0.25, 0.3) is 0 Å². The highest BCUT2D eigenvalue weighted by molar-refractivity contribution is 5.75. The van der Waals surface area contributed by atoms with Crippen LogP contribution in [0.15, 0.2) is 28.7 Å². The third-order valence-corrected chi connectivity index (χ3v) is 4.80. The summed E-state index contributed by atoms with van der Waals surface area (Å²) in [5.41, 5.74) is 2.25. The number of rotatable bonds is 4. The molecule has 0 N–H and O–H groups in total. The van der Waals surface area contributed by atoms with Gasteiger partial charge in [0.15, 0.2) is 0 Å². The smallest absolute Gasteiger partial charge is 0.318 e. The first-order chi connectivity index (χ1) is 11.8. The van der Waals surface area contributed by atoms with Crippen LogP contribution >= 0.6 is 0 Å². The van der Waals surface area contributed by atoms with Crippen molar-refractivity contribution < 1.29 is 4.42 Å². The number of para-hydroxylation sites is 2. The Kier molecular flexibility index (Phi) is 3.96. The van der Waals surface area contributed by atoms with Crippen LogP contribution in [0.5, 0.6) is 0 Å². The molecule has 0 spiro atoms. The van der Waals surface area contributed by atoms with E-state index in [9.17, 15) is 0 Å². The number of hydrogen-bond donors (Lipinski definition) is 0. The van der Waals surface area contributed by atoms with Crippen LogP contribution in [-0.4, -0.2) is 32.8 Å². The van der Waals surface area contributed by atoms with Crippen molar-refractivity contribution in [1.29, 1.82) is 0 Å². The van der Waals surface area contributed by atoms with Gasteiger partial charge in [0.05, 0.1) is 11.0 Å². The molecule has 0 aliphatic carbocycles. The van der Waals surface area contributed by atoms with E-state index in [1.165, 1.54) is 5.52 Å². The number of piperidine rings is 1. The zero-order valence-electron chi connectivity index (χ0n) is 14.3. The van der Waals surface area contributed by atoms with Crippen LogP contribution in [0.1, 0.15) is 43.8 Å². The molecule has 4 rings (SSSR count). The summed E-state index contributed by atoms with van der Waals surface area (Å²) < 4.78 is 8.04. The van der Waals surface area contributed by atoms with Crippen molar-refractivity contribution in [2.24, 2.45) is 7.05 Å². The second-order valence-corrected chi connectivity index (χ2v) is 6.53. The van der Waals surface area contributed by atoms with Gasteiger partial charge in [-0.3, -0.25) is 0 Å². The fraction of sp³-hybridized carbons (Fsp3) is 0.500. The maximum atomic E-state index is 5.81. The number of hydrogen-bond acceptors (Lipinski definition) is 5. The van der Waals surface area contributed by atoms with Crippen LogP contribution in [-0.2, 0) is 13.5 Å². The Balaban J connectivity index is 1.58. The van der Waals surface area contributed by atoms with Gasteiger partial charge in [-0.05, 0) is 31.4 Å². The first kappa shape index (κ1) is 15.2. The van der Waals surface area contributed by atoms with Gasteiger partial charge in [0, 0.05) is 32.5 Å². The average Bonchev–Trinajstić information content (AvgIpc) is 3.21. The molecule has 6 heteroatoms. The predicted molar refractivity (Wildman–Crippen MR) is 93.2 cm³/mol. The molecular weight excluding hydrogens is 302 g/mol. The zero-order chi connectivity index (χ0) is 16.5. The molecule has 0 amide bonds. The first-order valence-electron chi connectivity index (χ1n) is 8.75. The molecule has 1 fully saturated rings. The van der Waals surface area contributed by atoms with Crippen molar-refractivity contribution in [2.75, 3.05) is 18.0 Å². The highest BCUT2D eigenvalue weighted by atomic mass is 16.4. The van der Waals surface area contributed by atoms with Crippen molar-refractivity contribution in [2.45, 2.75) is 38.5 Å². The molecule has 0 radical (unpaired) electrons. The molecule has 0 saturated carbocycles. The third kappa shape index (κ3) is 2.66. The van der Waals surface area contributed by atoms with E-state index < -0.39 is 0 Å². The zero-order valence-corrected chi connectivity index (χ0v) is 14.3. The van der Waals surface area contributed by atoms with E-state index in [4.69, 9.17) is 9.40 Å². The normalized spacial score (nSPS) is 18.4. The lowest BCUT2D eigenvalue weighted by Gasteiger charge is -2.30. The number of aromatic nitrogens is 4. The molecule has 3 heterocycles. The molecule has 1 aliphatic heterocycles. The second-order valence-electron chi connectivity index (χ2n) is 6.53. The minimum atomic E-state index is 0.387. The van der Waals surface area contributed by atoms with Crippen LogP contribution < -0.4 is 4.90 Å². The van der Waals surface area contributed by atoms with Gasteiger partial charge >= 0.3 is 6.01 Å². The highest BCUT2D eigenvalue weighted by Crippen LogP contribution is 2.30. The topological polar surface area (TPSA) is 60.0 Å². The Bertz CT molecular complexity index is 837. The Morgan fingerprint density at radius 3 is 2.96 bits per heavy atom. The SMILES string of the molecule is CCCc1nnc(N2CCC[C@@H](c3nc4ccccc4n3C)C2)o1. The summed E-state index contributed by atoms with van der Waals surface area (Å²) in [6, 6.07) is 8.96. The second kappa shape index (κ2) is 6.26. The molecule has 6 nitrogen and oxygen atoms in total. The van der Waals surface area contributed by atoms with Crippen LogP contribution in [0.4, 0.5) is 6.01 Å². The third-order valence-electron chi connectivity index (χ3n) is 4.80. The Hall–Kier alpha value is -2.37. The summed E-state index contributed by atoms with van der Waals surface area (Å²) in [6.45, 7) is 3.96. The summed E-state index contributed by atoms with van der Waals surface area (Å²) in [4.78, 5) is 7.08. The molecule has 2 aromatic heterocycles. The molecule has 0 unspecified atom stereocenters. The molecule has 1 saturated heterocycles. The minimum Gasteiger partial charge on any atom is -0.408 e. The lowest BCUT2D eigenvalue weighted by Crippen LogP contribution is -2.35. The molecular formula is C18H23N5O. The van der Waals surface area contributed by atoms with E-state index in [0.717, 1.165) is 56.0 Å². The molecule has 0 bridgehead atoms. The van der Waals surface area contributed by atoms with E-state index in [2.05, 4.69) is 51.8 Å². The van der Waals surface area contributed by atoms with E-state index >= 15 is 0 Å². The highest BCUT2D eigenvalue weighted by Gasteiger charge is 2.28. The standard InChI is InChI=1S/C18H23N5O/c1-3-7-16-20-21-18(24-16)23-11-6-8-13(12-23)17-19-14-9-4-5-10-15(14)22(17)2/h4-5,9-10,13H,3,6-8,11-12H2,1-2H3/t13-/m1/s1. The molecule has 1 aromatic carbocycles. The minimum absolute atomic E-state index is 0.387. The maximum Gasteiger partial charge on any atom is 0.318 e. The average molecular weight is 325 g/mol. The van der Waals surface area contributed by atoms with E-state index in [1.54, 1.807) is 0 Å². The van der Waals surface area contributed by atoms with E-state index in [0.29, 0.717) is 11.9 Å². The lowest BCUT2D eigenvalue weighted by atomic mass is 9.97. The van der Waals surface area contributed by atoms with Crippen LogP contribution in [0.25, 0.3) is 11.0 Å². The fourth-order valence-electron chi connectivity index (χ4n) is 3.58. The summed E-state index contributed by atoms with van der Waals surface area (Å²) in [5.74, 6) is 2.27. The summed E-state index contributed by atoms with van der Waals surface area (Å²) >= 11 is 0. The number of anilines is 1. The number of imidazole rings is 1. The van der Waals surface area contributed by atoms with Crippen molar-refractivity contribution in [1.82, 2.24) is 19.7 Å². The Labute approximate surface area is 141 Å². The van der Waals surface area contributed by atoms with Crippen LogP contribution in [0, 0.1) is 0 Å². The summed E-state index contributed by atoms with van der Waals surface area (Å²) in [6.07, 6.45) is 4.11. The summed E-state index contributed by atoms with van der Waals surface area (Å²) in [7, 11) is 2.11. The predicted octanol–water partition coefficient (Wildman–Crippen LogP) is 3.29. The monoisotopic (exact) mass is 325 g/mol. The van der Waals surface area contributed by atoms with Crippen LogP contribution in [0.2, 0.25) is 0 Å². The molecule has 3 aromatic rings. The first-order valence-corrected chi connectivity index (χ1v) is 8.75. The van der Waals surface area contributed by atoms with Crippen LogP contribution in [0.3, 0.4) is 0 Å². The van der Waals surface area contributed by atoms with Crippen molar-refractivity contribution in [3.8, 4) is 0 Å². The number of benzene rings is 1. The van der Waals surface area contributed by atoms with Gasteiger partial charge < -0.3 is 13.9 Å². The Morgan fingerprint density at radius 1 is 1.25 bits per heavy atom. The number of nitrogens with zero attached hydrogens (tertiary/aromatic N) is 5. The number of fused-ring (bicyclic) bond motifs is 1. The molecule has 1 aliphatic rings. The van der Waals surface area contributed by atoms with Gasteiger partial charge in [0.1, 0.15) is 5.82 Å².